The van der Waals surface area contributed by atoms with Crippen LogP contribution in [0.2, 0.25) is 0 Å². The van der Waals surface area contributed by atoms with Crippen molar-refractivity contribution in [2.24, 2.45) is 0 Å². The predicted octanol–water partition coefficient (Wildman–Crippen LogP) is 5.42. The molecule has 2 aromatic heterocycles. The van der Waals surface area contributed by atoms with E-state index in [1.807, 2.05) is 61.5 Å². The van der Waals surface area contributed by atoms with Gasteiger partial charge in [-0.3, -0.25) is 14.7 Å². The summed E-state index contributed by atoms with van der Waals surface area (Å²) in [6.07, 6.45) is 3.50. The normalized spacial score (nSPS) is 10.8. The van der Waals surface area contributed by atoms with Crippen LogP contribution in [-0.4, -0.2) is 35.3 Å². The van der Waals surface area contributed by atoms with Gasteiger partial charge in [0.1, 0.15) is 11.5 Å². The Balaban J connectivity index is 1.57. The summed E-state index contributed by atoms with van der Waals surface area (Å²) in [6.45, 7) is 2.97. The van der Waals surface area contributed by atoms with E-state index < -0.39 is 0 Å². The molecule has 8 heteroatoms. The van der Waals surface area contributed by atoms with Crippen LogP contribution >= 0.6 is 23.1 Å². The van der Waals surface area contributed by atoms with Crippen molar-refractivity contribution in [3.05, 3.63) is 72.6 Å². The van der Waals surface area contributed by atoms with E-state index in [1.165, 1.54) is 23.1 Å². The van der Waals surface area contributed by atoms with Gasteiger partial charge in [-0.1, -0.05) is 17.4 Å². The zero-order valence-electron chi connectivity index (χ0n) is 17.9. The number of amides is 1. The smallest absolute Gasteiger partial charge is 0.239 e. The molecule has 0 atom stereocenters. The third kappa shape index (κ3) is 5.38. The van der Waals surface area contributed by atoms with Crippen LogP contribution in [0.25, 0.3) is 10.2 Å². The van der Waals surface area contributed by atoms with Crippen LogP contribution in [0.5, 0.6) is 11.5 Å². The summed E-state index contributed by atoms with van der Waals surface area (Å²) in [6, 6.07) is 17.3. The molecule has 0 aliphatic heterocycles. The van der Waals surface area contributed by atoms with Crippen LogP contribution in [0.3, 0.4) is 0 Å². The molecule has 0 aliphatic rings. The molecular formula is C24H23N3O3S2. The molecule has 164 valence electrons. The predicted molar refractivity (Wildman–Crippen MR) is 130 cm³/mol. The molecule has 6 nitrogen and oxygen atoms in total. The van der Waals surface area contributed by atoms with E-state index in [1.54, 1.807) is 24.4 Å². The van der Waals surface area contributed by atoms with Crippen molar-refractivity contribution in [1.29, 1.82) is 0 Å². The molecule has 0 unspecified atom stereocenters. The van der Waals surface area contributed by atoms with Gasteiger partial charge in [-0.2, -0.15) is 0 Å². The highest BCUT2D eigenvalue weighted by atomic mass is 32.2. The van der Waals surface area contributed by atoms with Crippen LogP contribution < -0.4 is 14.4 Å². The van der Waals surface area contributed by atoms with Crippen molar-refractivity contribution < 1.29 is 14.3 Å². The summed E-state index contributed by atoms with van der Waals surface area (Å²) >= 11 is 2.98. The van der Waals surface area contributed by atoms with Crippen molar-refractivity contribution in [2.75, 3.05) is 24.4 Å². The fourth-order valence-corrected chi connectivity index (χ4v) is 4.88. The second kappa shape index (κ2) is 10.5. The van der Waals surface area contributed by atoms with Gasteiger partial charge in [-0.15, -0.1) is 11.8 Å². The number of benzene rings is 2. The average molecular weight is 466 g/mol. The fourth-order valence-electron chi connectivity index (χ4n) is 3.10. The first-order chi connectivity index (χ1) is 15.7. The summed E-state index contributed by atoms with van der Waals surface area (Å²) in [7, 11) is 1.64. The Kier molecular flexibility index (Phi) is 7.24. The van der Waals surface area contributed by atoms with Crippen molar-refractivity contribution in [3.8, 4) is 11.5 Å². The Morgan fingerprint density at radius 2 is 1.94 bits per heavy atom. The zero-order valence-corrected chi connectivity index (χ0v) is 19.5. The number of nitrogens with zero attached hydrogens (tertiary/aromatic N) is 3. The molecule has 4 rings (SSSR count). The summed E-state index contributed by atoms with van der Waals surface area (Å²) in [5.41, 5.74) is 1.80. The molecule has 4 aromatic rings. The molecule has 0 fully saturated rings. The first-order valence-electron chi connectivity index (χ1n) is 10.2. The van der Waals surface area contributed by atoms with Gasteiger partial charge in [0.05, 0.1) is 36.2 Å². The van der Waals surface area contributed by atoms with Gasteiger partial charge in [0.25, 0.3) is 0 Å². The highest BCUT2D eigenvalue weighted by molar-refractivity contribution is 8.00. The number of carbonyl (C=O) groups excluding carboxylic acids is 1. The lowest BCUT2D eigenvalue weighted by molar-refractivity contribution is -0.116. The molecule has 32 heavy (non-hydrogen) atoms. The Bertz CT molecular complexity index is 1180. The van der Waals surface area contributed by atoms with Crippen LogP contribution in [0.1, 0.15) is 12.5 Å². The fraction of sp³-hybridized carbons (Fsp3) is 0.208. The number of ether oxygens (including phenoxy) is 2. The molecule has 1 amide bonds. The monoisotopic (exact) mass is 465 g/mol. The van der Waals surface area contributed by atoms with E-state index >= 15 is 0 Å². The number of aromatic nitrogens is 2. The van der Waals surface area contributed by atoms with E-state index in [-0.39, 0.29) is 5.91 Å². The summed E-state index contributed by atoms with van der Waals surface area (Å²) in [4.78, 5) is 25.0. The number of carbonyl (C=O) groups is 1. The minimum Gasteiger partial charge on any atom is -0.497 e. The second-order valence-corrected chi connectivity index (χ2v) is 8.92. The molecule has 0 saturated heterocycles. The topological polar surface area (TPSA) is 64.5 Å². The highest BCUT2D eigenvalue weighted by Crippen LogP contribution is 2.33. The van der Waals surface area contributed by atoms with Crippen LogP contribution in [0.4, 0.5) is 5.13 Å². The van der Waals surface area contributed by atoms with Gasteiger partial charge in [-0.05, 0) is 61.0 Å². The van der Waals surface area contributed by atoms with E-state index in [0.717, 1.165) is 32.2 Å². The molecule has 0 spiro atoms. The number of thiazole rings is 1. The Hall–Kier alpha value is -3.10. The standard InChI is InChI=1S/C24H23N3O3S2/c1-3-30-19-8-11-21-22(13-19)32-24(26-21)27(15-17-5-4-12-25-14-17)23(28)16-31-20-9-6-18(29-2)7-10-20/h4-14H,3,15-16H2,1-2H3. The van der Waals surface area contributed by atoms with Crippen molar-refractivity contribution in [3.63, 3.8) is 0 Å². The number of anilines is 1. The number of fused-ring (bicyclic) bond motifs is 1. The molecule has 0 bridgehead atoms. The lowest BCUT2D eigenvalue weighted by atomic mass is 10.2. The Morgan fingerprint density at radius 1 is 1.12 bits per heavy atom. The van der Waals surface area contributed by atoms with Gasteiger partial charge in [0.2, 0.25) is 5.91 Å². The van der Waals surface area contributed by atoms with Crippen LogP contribution in [0.15, 0.2) is 71.9 Å². The molecule has 0 aliphatic carbocycles. The average Bonchev–Trinajstić information content (AvgIpc) is 3.25. The highest BCUT2D eigenvalue weighted by Gasteiger charge is 2.21. The van der Waals surface area contributed by atoms with Gasteiger partial charge in [-0.25, -0.2) is 4.98 Å². The first kappa shape index (κ1) is 22.1. The SMILES string of the molecule is CCOc1ccc2nc(N(Cc3cccnc3)C(=O)CSc3ccc(OC)cc3)sc2c1. The third-order valence-corrected chi connectivity index (χ3v) is 6.71. The van der Waals surface area contributed by atoms with E-state index in [0.29, 0.717) is 24.0 Å². The minimum absolute atomic E-state index is 0.0150. The maximum Gasteiger partial charge on any atom is 0.239 e. The molecule has 0 saturated carbocycles. The Labute approximate surface area is 195 Å². The molecule has 0 radical (unpaired) electrons. The number of hydrogen-bond donors (Lipinski definition) is 0. The van der Waals surface area contributed by atoms with Gasteiger partial charge in [0, 0.05) is 17.3 Å². The van der Waals surface area contributed by atoms with Gasteiger partial charge >= 0.3 is 0 Å². The summed E-state index contributed by atoms with van der Waals surface area (Å²) in [5, 5.41) is 0.665. The van der Waals surface area contributed by atoms with Crippen molar-refractivity contribution in [1.82, 2.24) is 9.97 Å². The lowest BCUT2D eigenvalue weighted by Crippen LogP contribution is -2.31. The second-order valence-electron chi connectivity index (χ2n) is 6.86. The van der Waals surface area contributed by atoms with Gasteiger partial charge in [0.15, 0.2) is 5.13 Å². The van der Waals surface area contributed by atoms with E-state index in [9.17, 15) is 4.79 Å². The van der Waals surface area contributed by atoms with Gasteiger partial charge < -0.3 is 9.47 Å². The zero-order chi connectivity index (χ0) is 22.3. The third-order valence-electron chi connectivity index (χ3n) is 4.68. The minimum atomic E-state index is -0.0150. The molecule has 2 aromatic carbocycles. The number of pyridine rings is 1. The van der Waals surface area contributed by atoms with Crippen LogP contribution in [0, 0.1) is 0 Å². The molecule has 0 N–H and O–H groups in total. The number of hydrogen-bond acceptors (Lipinski definition) is 7. The summed E-state index contributed by atoms with van der Waals surface area (Å²) < 4.78 is 11.8. The van der Waals surface area contributed by atoms with Crippen molar-refractivity contribution >= 4 is 44.4 Å². The number of rotatable bonds is 9. The lowest BCUT2D eigenvalue weighted by Gasteiger charge is -2.19. The van der Waals surface area contributed by atoms with E-state index in [4.69, 9.17) is 14.5 Å². The maximum absolute atomic E-state index is 13.3. The summed E-state index contributed by atoms with van der Waals surface area (Å²) in [5.74, 6) is 1.88. The number of thioether (sulfide) groups is 1. The molecular weight excluding hydrogens is 442 g/mol. The van der Waals surface area contributed by atoms with Crippen LogP contribution in [-0.2, 0) is 11.3 Å². The quantitative estimate of drug-likeness (QED) is 0.307. The maximum atomic E-state index is 13.3. The Morgan fingerprint density at radius 3 is 2.66 bits per heavy atom. The first-order valence-corrected chi connectivity index (χ1v) is 12.0. The van der Waals surface area contributed by atoms with E-state index in [2.05, 4.69) is 4.98 Å². The molecule has 2 heterocycles. The number of methoxy groups -OCH3 is 1. The van der Waals surface area contributed by atoms with Crippen molar-refractivity contribution in [2.45, 2.75) is 18.4 Å². The largest absolute Gasteiger partial charge is 0.497 e.